The van der Waals surface area contributed by atoms with E-state index >= 15 is 0 Å². The second kappa shape index (κ2) is 6.23. The van der Waals surface area contributed by atoms with Gasteiger partial charge in [0.2, 0.25) is 0 Å². The van der Waals surface area contributed by atoms with Crippen LogP contribution in [0.4, 0.5) is 0 Å². The molecule has 0 saturated heterocycles. The summed E-state index contributed by atoms with van der Waals surface area (Å²) in [7, 11) is 0. The monoisotopic (exact) mass is 271 g/mol. The minimum atomic E-state index is 0.175. The fourth-order valence-electron chi connectivity index (χ4n) is 2.26. The van der Waals surface area contributed by atoms with Gasteiger partial charge in [-0.2, -0.15) is 5.10 Å². The zero-order chi connectivity index (χ0) is 14.6. The molecule has 0 aliphatic rings. The molecule has 0 saturated carbocycles. The highest BCUT2D eigenvalue weighted by Gasteiger charge is 2.09. The molecule has 2 rings (SSSR count). The van der Waals surface area contributed by atoms with Gasteiger partial charge in [0.1, 0.15) is 0 Å². The lowest BCUT2D eigenvalue weighted by Gasteiger charge is -2.21. The summed E-state index contributed by atoms with van der Waals surface area (Å²) < 4.78 is 2.01. The molecule has 0 fully saturated rings. The SMILES string of the molecule is Cc1cnn(Cc2ccccc2CCNC(C)(C)C)c1. The van der Waals surface area contributed by atoms with E-state index < -0.39 is 0 Å². The Bertz CT molecular complexity index is 549. The largest absolute Gasteiger partial charge is 0.312 e. The normalized spacial score (nSPS) is 11.8. The van der Waals surface area contributed by atoms with Gasteiger partial charge in [-0.1, -0.05) is 24.3 Å². The molecule has 0 unspecified atom stereocenters. The maximum atomic E-state index is 4.37. The molecule has 1 aromatic heterocycles. The van der Waals surface area contributed by atoms with E-state index in [4.69, 9.17) is 0 Å². The lowest BCUT2D eigenvalue weighted by molar-refractivity contribution is 0.429. The molecule has 1 heterocycles. The van der Waals surface area contributed by atoms with Crippen LogP contribution in [0.5, 0.6) is 0 Å². The van der Waals surface area contributed by atoms with Crippen molar-refractivity contribution >= 4 is 0 Å². The standard InChI is InChI=1S/C17H25N3/c1-14-11-19-20(12-14)13-16-8-6-5-7-15(16)9-10-18-17(2,3)4/h5-8,11-12,18H,9-10,13H2,1-4H3. The molecule has 0 radical (unpaired) electrons. The van der Waals surface area contributed by atoms with Crippen molar-refractivity contribution in [3.63, 3.8) is 0 Å². The highest BCUT2D eigenvalue weighted by atomic mass is 15.3. The van der Waals surface area contributed by atoms with Crippen molar-refractivity contribution in [1.82, 2.24) is 15.1 Å². The first kappa shape index (κ1) is 14.8. The van der Waals surface area contributed by atoms with Crippen molar-refractivity contribution in [2.75, 3.05) is 6.54 Å². The molecular formula is C17H25N3. The lowest BCUT2D eigenvalue weighted by Crippen LogP contribution is -2.37. The Hall–Kier alpha value is -1.61. The summed E-state index contributed by atoms with van der Waals surface area (Å²) in [5, 5.41) is 7.92. The first-order valence-corrected chi connectivity index (χ1v) is 7.25. The molecule has 108 valence electrons. The van der Waals surface area contributed by atoms with Crippen molar-refractivity contribution in [3.05, 3.63) is 53.3 Å². The van der Waals surface area contributed by atoms with E-state index in [1.54, 1.807) is 0 Å². The zero-order valence-corrected chi connectivity index (χ0v) is 13.0. The first-order valence-electron chi connectivity index (χ1n) is 7.25. The minimum absolute atomic E-state index is 0.175. The van der Waals surface area contributed by atoms with Crippen LogP contribution in [0, 0.1) is 6.92 Å². The average molecular weight is 271 g/mol. The van der Waals surface area contributed by atoms with E-state index in [2.05, 4.69) is 68.6 Å². The Morgan fingerprint density at radius 1 is 1.15 bits per heavy atom. The number of hydrogen-bond acceptors (Lipinski definition) is 2. The summed E-state index contributed by atoms with van der Waals surface area (Å²) in [5.41, 5.74) is 4.13. The maximum Gasteiger partial charge on any atom is 0.0662 e. The van der Waals surface area contributed by atoms with Gasteiger partial charge in [-0.3, -0.25) is 4.68 Å². The molecule has 0 atom stereocenters. The summed E-state index contributed by atoms with van der Waals surface area (Å²) in [4.78, 5) is 0. The van der Waals surface area contributed by atoms with Gasteiger partial charge in [-0.25, -0.2) is 0 Å². The van der Waals surface area contributed by atoms with E-state index in [1.165, 1.54) is 16.7 Å². The molecule has 0 amide bonds. The van der Waals surface area contributed by atoms with Gasteiger partial charge in [0.25, 0.3) is 0 Å². The van der Waals surface area contributed by atoms with E-state index in [9.17, 15) is 0 Å². The van der Waals surface area contributed by atoms with Gasteiger partial charge in [0.05, 0.1) is 12.7 Å². The second-order valence-corrected chi connectivity index (χ2v) is 6.41. The van der Waals surface area contributed by atoms with Crippen molar-refractivity contribution in [3.8, 4) is 0 Å². The topological polar surface area (TPSA) is 29.9 Å². The fraction of sp³-hybridized carbons (Fsp3) is 0.471. The van der Waals surface area contributed by atoms with E-state index in [0.717, 1.165) is 19.5 Å². The van der Waals surface area contributed by atoms with Gasteiger partial charge in [-0.15, -0.1) is 0 Å². The summed E-state index contributed by atoms with van der Waals surface area (Å²) >= 11 is 0. The number of benzene rings is 1. The van der Waals surface area contributed by atoms with Crippen LogP contribution in [0.2, 0.25) is 0 Å². The molecule has 1 aromatic carbocycles. The van der Waals surface area contributed by atoms with Gasteiger partial charge in [0, 0.05) is 11.7 Å². The molecule has 20 heavy (non-hydrogen) atoms. The van der Waals surface area contributed by atoms with E-state index in [0.29, 0.717) is 0 Å². The molecule has 1 N–H and O–H groups in total. The molecule has 2 aromatic rings. The van der Waals surface area contributed by atoms with Crippen LogP contribution in [0.3, 0.4) is 0 Å². The highest BCUT2D eigenvalue weighted by Crippen LogP contribution is 2.12. The van der Waals surface area contributed by atoms with Crippen LogP contribution in [0.15, 0.2) is 36.7 Å². The number of rotatable bonds is 5. The number of nitrogens with one attached hydrogen (secondary N) is 1. The van der Waals surface area contributed by atoms with Crippen molar-refractivity contribution < 1.29 is 0 Å². The number of aromatic nitrogens is 2. The third kappa shape index (κ3) is 4.49. The second-order valence-electron chi connectivity index (χ2n) is 6.41. The maximum absolute atomic E-state index is 4.37. The Morgan fingerprint density at radius 3 is 2.45 bits per heavy atom. The van der Waals surface area contributed by atoms with Crippen LogP contribution < -0.4 is 5.32 Å². The predicted octanol–water partition coefficient (Wildman–Crippen LogP) is 3.17. The smallest absolute Gasteiger partial charge is 0.0662 e. The zero-order valence-electron chi connectivity index (χ0n) is 13.0. The number of hydrogen-bond donors (Lipinski definition) is 1. The molecule has 0 aliphatic heterocycles. The Kier molecular flexibility index (Phi) is 4.61. The van der Waals surface area contributed by atoms with Crippen molar-refractivity contribution in [2.45, 2.75) is 46.2 Å². The summed E-state index contributed by atoms with van der Waals surface area (Å²) in [6.07, 6.45) is 5.04. The van der Waals surface area contributed by atoms with Crippen molar-refractivity contribution in [1.29, 1.82) is 0 Å². The van der Waals surface area contributed by atoms with Gasteiger partial charge in [0.15, 0.2) is 0 Å². The quantitative estimate of drug-likeness (QED) is 0.905. The Balaban J connectivity index is 2.02. The fourth-order valence-corrected chi connectivity index (χ4v) is 2.26. The highest BCUT2D eigenvalue weighted by molar-refractivity contribution is 5.27. The summed E-state index contributed by atoms with van der Waals surface area (Å²) in [5.74, 6) is 0. The van der Waals surface area contributed by atoms with Gasteiger partial charge < -0.3 is 5.32 Å². The Labute approximate surface area is 122 Å². The van der Waals surface area contributed by atoms with Gasteiger partial charge >= 0.3 is 0 Å². The van der Waals surface area contributed by atoms with Crippen LogP contribution in [-0.4, -0.2) is 21.9 Å². The molecule has 3 heteroatoms. The number of nitrogens with zero attached hydrogens (tertiary/aromatic N) is 2. The number of aryl methyl sites for hydroxylation is 1. The molecule has 0 spiro atoms. The van der Waals surface area contributed by atoms with Crippen LogP contribution >= 0.6 is 0 Å². The minimum Gasteiger partial charge on any atom is -0.312 e. The average Bonchev–Trinajstić information content (AvgIpc) is 2.75. The van der Waals surface area contributed by atoms with Gasteiger partial charge in [-0.05, 0) is 57.4 Å². The Morgan fingerprint density at radius 2 is 1.85 bits per heavy atom. The van der Waals surface area contributed by atoms with Crippen LogP contribution in [0.25, 0.3) is 0 Å². The summed E-state index contributed by atoms with van der Waals surface area (Å²) in [6, 6.07) is 8.64. The molecule has 0 bridgehead atoms. The first-order chi connectivity index (χ1) is 9.44. The third-order valence-corrected chi connectivity index (χ3v) is 3.26. The molecule has 3 nitrogen and oxygen atoms in total. The van der Waals surface area contributed by atoms with Crippen LogP contribution in [-0.2, 0) is 13.0 Å². The van der Waals surface area contributed by atoms with Crippen LogP contribution in [0.1, 0.15) is 37.5 Å². The van der Waals surface area contributed by atoms with E-state index in [-0.39, 0.29) is 5.54 Å². The molecule has 0 aliphatic carbocycles. The lowest BCUT2D eigenvalue weighted by atomic mass is 10.0. The van der Waals surface area contributed by atoms with E-state index in [1.807, 2.05) is 10.9 Å². The summed E-state index contributed by atoms with van der Waals surface area (Å²) in [6.45, 7) is 10.5. The predicted molar refractivity (Wildman–Crippen MR) is 84.0 cm³/mol. The molecular weight excluding hydrogens is 246 g/mol. The third-order valence-electron chi connectivity index (χ3n) is 3.26. The van der Waals surface area contributed by atoms with Crippen molar-refractivity contribution in [2.24, 2.45) is 0 Å².